The number of rotatable bonds is 7. The van der Waals surface area contributed by atoms with Crippen molar-refractivity contribution >= 4 is 18.1 Å². The van der Waals surface area contributed by atoms with Crippen LogP contribution in [0.4, 0.5) is 9.59 Å². The number of nitrogens with zero attached hydrogens (tertiary/aromatic N) is 2. The molecule has 0 aromatic heterocycles. The third-order valence-electron chi connectivity index (χ3n) is 4.90. The molecule has 2 aromatic rings. The maximum absolute atomic E-state index is 12.7. The molecule has 0 bridgehead atoms. The summed E-state index contributed by atoms with van der Waals surface area (Å²) in [5, 5.41) is 2.53. The Morgan fingerprint density at radius 2 is 1.79 bits per heavy atom. The second-order valence-corrected chi connectivity index (χ2v) is 7.00. The van der Waals surface area contributed by atoms with E-state index in [-0.39, 0.29) is 25.7 Å². The highest BCUT2D eigenvalue weighted by Gasteiger charge is 2.31. The summed E-state index contributed by atoms with van der Waals surface area (Å²) in [5.74, 6) is 1.29. The van der Waals surface area contributed by atoms with E-state index in [4.69, 9.17) is 18.9 Å². The van der Waals surface area contributed by atoms with Crippen LogP contribution >= 0.6 is 0 Å². The van der Waals surface area contributed by atoms with Gasteiger partial charge in [0.05, 0.1) is 27.4 Å². The Kier molecular flexibility index (Phi) is 8.29. The number of guanidine groups is 1. The minimum Gasteiger partial charge on any atom is -0.493 e. The fraction of sp³-hybridized carbons (Fsp3) is 0.292. The monoisotopic (exact) mass is 453 g/mol. The normalized spacial score (nSPS) is 14.0. The van der Waals surface area contributed by atoms with Crippen LogP contribution in [0.25, 0.3) is 0 Å². The van der Waals surface area contributed by atoms with Crippen LogP contribution in [-0.4, -0.2) is 50.4 Å². The van der Waals surface area contributed by atoms with Gasteiger partial charge in [0.15, 0.2) is 11.5 Å². The number of ether oxygens (including phenoxy) is 4. The number of methoxy groups -OCH3 is 2. The van der Waals surface area contributed by atoms with Crippen molar-refractivity contribution in [2.75, 3.05) is 27.4 Å². The van der Waals surface area contributed by atoms with Gasteiger partial charge in [-0.1, -0.05) is 42.5 Å². The van der Waals surface area contributed by atoms with E-state index >= 15 is 0 Å². The quantitative estimate of drug-likeness (QED) is 0.683. The van der Waals surface area contributed by atoms with Gasteiger partial charge < -0.3 is 18.9 Å². The number of carbonyl (C=O) groups excluding carboxylic acids is 2. The highest BCUT2D eigenvalue weighted by atomic mass is 16.6. The summed E-state index contributed by atoms with van der Waals surface area (Å²) in [4.78, 5) is 30.4. The number of nitrogens with one attached hydrogen (secondary N) is 1. The highest BCUT2D eigenvalue weighted by molar-refractivity contribution is 6.04. The molecule has 1 aliphatic heterocycles. The van der Waals surface area contributed by atoms with E-state index in [1.54, 1.807) is 33.3 Å². The summed E-state index contributed by atoms with van der Waals surface area (Å²) in [5.41, 5.74) is 2.38. The van der Waals surface area contributed by atoms with Crippen LogP contribution in [0.15, 0.2) is 65.3 Å². The maximum Gasteiger partial charge on any atom is 0.421 e. The van der Waals surface area contributed by atoms with Crippen LogP contribution in [-0.2, 0) is 22.5 Å². The smallest absolute Gasteiger partial charge is 0.421 e. The van der Waals surface area contributed by atoms with Crippen LogP contribution in [0.2, 0.25) is 0 Å². The van der Waals surface area contributed by atoms with Crippen molar-refractivity contribution in [2.45, 2.75) is 20.0 Å². The Labute approximate surface area is 192 Å². The molecule has 3 rings (SSSR count). The summed E-state index contributed by atoms with van der Waals surface area (Å²) in [6.45, 7) is 2.27. The van der Waals surface area contributed by atoms with Crippen LogP contribution in [0.5, 0.6) is 11.5 Å². The van der Waals surface area contributed by atoms with Crippen molar-refractivity contribution in [3.63, 3.8) is 0 Å². The molecule has 174 valence electrons. The molecule has 0 radical (unpaired) electrons. The van der Waals surface area contributed by atoms with Crippen LogP contribution in [0.3, 0.4) is 0 Å². The predicted molar refractivity (Wildman–Crippen MR) is 122 cm³/mol. The number of hydrogen-bond donors (Lipinski definition) is 1. The largest absolute Gasteiger partial charge is 0.493 e. The van der Waals surface area contributed by atoms with E-state index in [0.29, 0.717) is 23.6 Å². The van der Waals surface area contributed by atoms with Gasteiger partial charge in [0.1, 0.15) is 6.61 Å². The molecule has 0 spiro atoms. The first-order chi connectivity index (χ1) is 16.0. The number of carbonyl (C=O) groups is 2. The molecular weight excluding hydrogens is 426 g/mol. The summed E-state index contributed by atoms with van der Waals surface area (Å²) < 4.78 is 21.1. The van der Waals surface area contributed by atoms with Gasteiger partial charge in [0.2, 0.25) is 5.96 Å². The second kappa shape index (κ2) is 11.6. The molecule has 1 N–H and O–H groups in total. The van der Waals surface area contributed by atoms with Gasteiger partial charge >= 0.3 is 12.2 Å². The molecule has 0 atom stereocenters. The molecule has 2 amide bonds. The molecule has 1 aliphatic rings. The zero-order valence-corrected chi connectivity index (χ0v) is 18.9. The number of hydrogen-bond acceptors (Lipinski definition) is 7. The Hall–Kier alpha value is -4.01. The molecule has 0 unspecified atom stereocenters. The van der Waals surface area contributed by atoms with Gasteiger partial charge in [-0.25, -0.2) is 19.5 Å². The molecule has 0 saturated heterocycles. The van der Waals surface area contributed by atoms with Gasteiger partial charge in [-0.3, -0.25) is 5.32 Å². The first kappa shape index (κ1) is 23.6. The second-order valence-electron chi connectivity index (χ2n) is 7.00. The van der Waals surface area contributed by atoms with Crippen molar-refractivity contribution in [1.82, 2.24) is 10.2 Å². The third-order valence-corrected chi connectivity index (χ3v) is 4.90. The lowest BCUT2D eigenvalue weighted by atomic mass is 10.1. The predicted octanol–water partition coefficient (Wildman–Crippen LogP) is 3.88. The summed E-state index contributed by atoms with van der Waals surface area (Å²) >= 11 is 0. The SMILES string of the molecule is CC=C1CN=C(NC(=O)OCCc2ccc(OC)c(OC)c2)N1C(=O)OCc1ccccc1. The number of aliphatic imine (C=N–C) groups is 1. The molecule has 0 aliphatic carbocycles. The summed E-state index contributed by atoms with van der Waals surface area (Å²) in [7, 11) is 3.13. The lowest BCUT2D eigenvalue weighted by molar-refractivity contribution is 0.122. The third kappa shape index (κ3) is 6.25. The van der Waals surface area contributed by atoms with E-state index in [1.165, 1.54) is 4.90 Å². The van der Waals surface area contributed by atoms with E-state index < -0.39 is 12.2 Å². The zero-order valence-electron chi connectivity index (χ0n) is 18.9. The fourth-order valence-corrected chi connectivity index (χ4v) is 3.16. The molecule has 0 saturated carbocycles. The minimum absolute atomic E-state index is 0.0669. The summed E-state index contributed by atoms with van der Waals surface area (Å²) in [6, 6.07) is 14.8. The molecule has 9 nitrogen and oxygen atoms in total. The van der Waals surface area contributed by atoms with E-state index in [9.17, 15) is 9.59 Å². The van der Waals surface area contributed by atoms with Gasteiger partial charge in [-0.15, -0.1) is 0 Å². The minimum atomic E-state index is -0.715. The van der Waals surface area contributed by atoms with E-state index in [0.717, 1.165) is 11.1 Å². The van der Waals surface area contributed by atoms with Crippen LogP contribution < -0.4 is 14.8 Å². The number of amides is 2. The molecule has 2 aromatic carbocycles. The number of allylic oxidation sites excluding steroid dienone is 1. The van der Waals surface area contributed by atoms with Crippen molar-refractivity contribution in [2.24, 2.45) is 4.99 Å². The Bertz CT molecular complexity index is 1040. The number of benzene rings is 2. The standard InChI is InChI=1S/C24H27N3O6/c1-4-19-15-25-22(27(19)24(29)33-16-18-8-6-5-7-9-18)26-23(28)32-13-12-17-10-11-20(30-2)21(14-17)31-3/h4-11,14H,12-13,15-16H2,1-3H3,(H,25,26,28). The van der Waals surface area contributed by atoms with Gasteiger partial charge in [-0.05, 0) is 30.2 Å². The van der Waals surface area contributed by atoms with Gasteiger partial charge in [-0.2, -0.15) is 0 Å². The van der Waals surface area contributed by atoms with Crippen molar-refractivity contribution in [3.8, 4) is 11.5 Å². The maximum atomic E-state index is 12.7. The molecule has 1 heterocycles. The Balaban J connectivity index is 1.52. The molecular formula is C24H27N3O6. The van der Waals surface area contributed by atoms with E-state index in [2.05, 4.69) is 10.3 Å². The van der Waals surface area contributed by atoms with Crippen molar-refractivity contribution in [1.29, 1.82) is 0 Å². The molecule has 0 fully saturated rings. The van der Waals surface area contributed by atoms with Gasteiger partial charge in [0, 0.05) is 12.1 Å². The first-order valence-corrected chi connectivity index (χ1v) is 10.4. The Morgan fingerprint density at radius 3 is 2.48 bits per heavy atom. The number of alkyl carbamates (subject to hydrolysis) is 1. The fourth-order valence-electron chi connectivity index (χ4n) is 3.16. The summed E-state index contributed by atoms with van der Waals surface area (Å²) in [6.07, 6.45) is 0.870. The van der Waals surface area contributed by atoms with Gasteiger partial charge in [0.25, 0.3) is 0 Å². The average Bonchev–Trinajstić information content (AvgIpc) is 3.25. The zero-order chi connectivity index (χ0) is 23.6. The average molecular weight is 453 g/mol. The lowest BCUT2D eigenvalue weighted by Crippen LogP contribution is -2.44. The van der Waals surface area contributed by atoms with Crippen molar-refractivity contribution in [3.05, 3.63) is 71.4 Å². The Morgan fingerprint density at radius 1 is 1.03 bits per heavy atom. The first-order valence-electron chi connectivity index (χ1n) is 10.4. The van der Waals surface area contributed by atoms with Crippen LogP contribution in [0, 0.1) is 0 Å². The lowest BCUT2D eigenvalue weighted by Gasteiger charge is -2.20. The van der Waals surface area contributed by atoms with Crippen molar-refractivity contribution < 1.29 is 28.5 Å². The topological polar surface area (TPSA) is 98.7 Å². The molecule has 33 heavy (non-hydrogen) atoms. The van der Waals surface area contributed by atoms with E-state index in [1.807, 2.05) is 42.5 Å². The van der Waals surface area contributed by atoms with Crippen LogP contribution in [0.1, 0.15) is 18.1 Å². The molecule has 9 heteroatoms. The highest BCUT2D eigenvalue weighted by Crippen LogP contribution is 2.27.